The van der Waals surface area contributed by atoms with Gasteiger partial charge in [-0.05, 0) is 31.2 Å². The minimum absolute atomic E-state index is 0.0242. The Morgan fingerprint density at radius 1 is 1.25 bits per heavy atom. The van der Waals surface area contributed by atoms with Crippen molar-refractivity contribution in [2.45, 2.75) is 39.7 Å². The van der Waals surface area contributed by atoms with E-state index in [-0.39, 0.29) is 18.7 Å². The maximum absolute atomic E-state index is 11.7. The third kappa shape index (κ3) is 6.57. The average Bonchev–Trinajstić information content (AvgIpc) is 2.39. The molecule has 3 N–H and O–H groups in total. The van der Waals surface area contributed by atoms with Gasteiger partial charge in [0.25, 0.3) is 0 Å². The topological polar surface area (TPSA) is 61.4 Å². The summed E-state index contributed by atoms with van der Waals surface area (Å²) in [7, 11) is 0. The predicted molar refractivity (Wildman–Crippen MR) is 81.7 cm³/mol. The van der Waals surface area contributed by atoms with Gasteiger partial charge in [-0.25, -0.2) is 4.79 Å². The summed E-state index contributed by atoms with van der Waals surface area (Å²) in [5, 5.41) is 14.8. The lowest BCUT2D eigenvalue weighted by molar-refractivity contribution is 0.207. The number of carbonyl (C=O) groups excluding carboxylic acids is 1. The summed E-state index contributed by atoms with van der Waals surface area (Å²) < 4.78 is 0. The van der Waals surface area contributed by atoms with Gasteiger partial charge in [-0.1, -0.05) is 43.7 Å². The van der Waals surface area contributed by atoms with E-state index in [0.29, 0.717) is 12.5 Å². The normalized spacial score (nSPS) is 12.2. The molecule has 1 aromatic rings. The van der Waals surface area contributed by atoms with Crippen molar-refractivity contribution in [1.82, 2.24) is 10.6 Å². The number of amides is 2. The summed E-state index contributed by atoms with van der Waals surface area (Å²) in [5.74, 6) is 0.444. The molecular formula is C16H26N2O2. The van der Waals surface area contributed by atoms with Crippen LogP contribution in [0.25, 0.3) is 0 Å². The van der Waals surface area contributed by atoms with E-state index in [0.717, 1.165) is 12.8 Å². The van der Waals surface area contributed by atoms with Crippen molar-refractivity contribution in [3.8, 4) is 0 Å². The summed E-state index contributed by atoms with van der Waals surface area (Å²) >= 11 is 0. The fourth-order valence-electron chi connectivity index (χ4n) is 2.06. The van der Waals surface area contributed by atoms with Crippen LogP contribution in [0.1, 0.15) is 31.4 Å². The first kappa shape index (κ1) is 16.5. The minimum atomic E-state index is -0.211. The first-order chi connectivity index (χ1) is 9.51. The zero-order valence-corrected chi connectivity index (χ0v) is 12.6. The lowest BCUT2D eigenvalue weighted by Gasteiger charge is -2.18. The fourth-order valence-corrected chi connectivity index (χ4v) is 2.06. The molecule has 20 heavy (non-hydrogen) atoms. The van der Waals surface area contributed by atoms with E-state index in [1.165, 1.54) is 11.1 Å². The Labute approximate surface area is 121 Å². The molecule has 0 saturated heterocycles. The van der Waals surface area contributed by atoms with E-state index in [9.17, 15) is 9.90 Å². The number of benzene rings is 1. The third-order valence-electron chi connectivity index (χ3n) is 3.13. The van der Waals surface area contributed by atoms with Gasteiger partial charge in [-0.3, -0.25) is 0 Å². The zero-order valence-electron chi connectivity index (χ0n) is 12.6. The van der Waals surface area contributed by atoms with E-state index < -0.39 is 0 Å². The summed E-state index contributed by atoms with van der Waals surface area (Å²) in [5.41, 5.74) is 2.44. The lowest BCUT2D eigenvalue weighted by atomic mass is 10.0. The second kappa shape index (κ2) is 8.59. The smallest absolute Gasteiger partial charge is 0.315 e. The Morgan fingerprint density at radius 3 is 2.45 bits per heavy atom. The molecule has 1 unspecified atom stereocenters. The van der Waals surface area contributed by atoms with E-state index in [4.69, 9.17) is 0 Å². The molecule has 0 aliphatic heterocycles. The van der Waals surface area contributed by atoms with Crippen LogP contribution in [0, 0.1) is 12.8 Å². The molecular weight excluding hydrogens is 252 g/mol. The van der Waals surface area contributed by atoms with Gasteiger partial charge in [0, 0.05) is 6.54 Å². The maximum atomic E-state index is 11.7. The molecule has 1 atom stereocenters. The Balaban J connectivity index is 2.27. The fraction of sp³-hybridized carbons (Fsp3) is 0.562. The number of aliphatic hydroxyl groups excluding tert-OH is 1. The average molecular weight is 278 g/mol. The molecule has 0 aromatic heterocycles. The second-order valence-electron chi connectivity index (χ2n) is 5.64. The van der Waals surface area contributed by atoms with Crippen molar-refractivity contribution in [3.05, 3.63) is 35.4 Å². The lowest BCUT2D eigenvalue weighted by Crippen LogP contribution is -2.44. The van der Waals surface area contributed by atoms with Gasteiger partial charge in [-0.15, -0.1) is 0 Å². The monoisotopic (exact) mass is 278 g/mol. The highest BCUT2D eigenvalue weighted by atomic mass is 16.3. The molecule has 1 rings (SSSR count). The highest BCUT2D eigenvalue weighted by molar-refractivity contribution is 5.74. The Hall–Kier alpha value is -1.55. The quantitative estimate of drug-likeness (QED) is 0.716. The Kier molecular flexibility index (Phi) is 7.09. The highest BCUT2D eigenvalue weighted by Gasteiger charge is 2.12. The van der Waals surface area contributed by atoms with Gasteiger partial charge in [0.1, 0.15) is 0 Å². The molecule has 0 aliphatic rings. The molecule has 0 heterocycles. The molecule has 0 radical (unpaired) electrons. The molecule has 0 fully saturated rings. The van der Waals surface area contributed by atoms with Crippen LogP contribution in [0.4, 0.5) is 4.79 Å². The Morgan fingerprint density at radius 2 is 1.90 bits per heavy atom. The number of nitrogens with one attached hydrogen (secondary N) is 2. The molecule has 0 saturated carbocycles. The number of aliphatic hydroxyl groups is 1. The summed E-state index contributed by atoms with van der Waals surface area (Å²) in [6.45, 7) is 6.76. The van der Waals surface area contributed by atoms with Crippen molar-refractivity contribution >= 4 is 6.03 Å². The zero-order chi connectivity index (χ0) is 15.0. The number of carbonyl (C=O) groups is 1. The van der Waals surface area contributed by atoms with Crippen molar-refractivity contribution in [3.63, 3.8) is 0 Å². The molecule has 0 spiro atoms. The van der Waals surface area contributed by atoms with Gasteiger partial charge < -0.3 is 15.7 Å². The molecule has 0 bridgehead atoms. The largest absolute Gasteiger partial charge is 0.394 e. The first-order valence-corrected chi connectivity index (χ1v) is 7.22. The number of hydrogen-bond acceptors (Lipinski definition) is 2. The van der Waals surface area contributed by atoms with E-state index in [2.05, 4.69) is 55.7 Å². The van der Waals surface area contributed by atoms with Crippen molar-refractivity contribution in [2.24, 2.45) is 5.92 Å². The van der Waals surface area contributed by atoms with Crippen molar-refractivity contribution in [2.75, 3.05) is 13.2 Å². The van der Waals surface area contributed by atoms with E-state index >= 15 is 0 Å². The van der Waals surface area contributed by atoms with Crippen LogP contribution in [-0.2, 0) is 6.42 Å². The second-order valence-corrected chi connectivity index (χ2v) is 5.64. The SMILES string of the molecule is Cc1ccc(CCNC(=O)NC(CO)CC(C)C)cc1. The predicted octanol–water partition coefficient (Wildman–Crippen LogP) is 2.24. The number of aryl methyl sites for hydroxylation is 1. The molecule has 4 heteroatoms. The van der Waals surface area contributed by atoms with Crippen molar-refractivity contribution < 1.29 is 9.90 Å². The summed E-state index contributed by atoms with van der Waals surface area (Å²) in [4.78, 5) is 11.7. The standard InChI is InChI=1S/C16H26N2O2/c1-12(2)10-15(11-19)18-16(20)17-9-8-14-6-4-13(3)5-7-14/h4-7,12,15,19H,8-11H2,1-3H3,(H2,17,18,20). The molecule has 0 aliphatic carbocycles. The van der Waals surface area contributed by atoms with Crippen LogP contribution in [0.2, 0.25) is 0 Å². The third-order valence-corrected chi connectivity index (χ3v) is 3.13. The van der Waals surface area contributed by atoms with Gasteiger partial charge in [0.05, 0.1) is 12.6 Å². The minimum Gasteiger partial charge on any atom is -0.394 e. The first-order valence-electron chi connectivity index (χ1n) is 7.22. The van der Waals surface area contributed by atoms with Gasteiger partial charge in [0.15, 0.2) is 0 Å². The van der Waals surface area contributed by atoms with Crippen LogP contribution in [0.15, 0.2) is 24.3 Å². The highest BCUT2D eigenvalue weighted by Crippen LogP contribution is 2.04. The number of hydrogen-bond donors (Lipinski definition) is 3. The maximum Gasteiger partial charge on any atom is 0.315 e. The van der Waals surface area contributed by atoms with Gasteiger partial charge >= 0.3 is 6.03 Å². The van der Waals surface area contributed by atoms with Crippen LogP contribution in [-0.4, -0.2) is 30.3 Å². The Bertz CT molecular complexity index is 401. The van der Waals surface area contributed by atoms with Crippen LogP contribution in [0.5, 0.6) is 0 Å². The van der Waals surface area contributed by atoms with Crippen LogP contribution >= 0.6 is 0 Å². The summed E-state index contributed by atoms with van der Waals surface area (Å²) in [6.07, 6.45) is 1.59. The van der Waals surface area contributed by atoms with E-state index in [1.54, 1.807) is 0 Å². The van der Waals surface area contributed by atoms with E-state index in [1.807, 2.05) is 0 Å². The number of urea groups is 1. The van der Waals surface area contributed by atoms with Crippen molar-refractivity contribution in [1.29, 1.82) is 0 Å². The molecule has 2 amide bonds. The molecule has 112 valence electrons. The summed E-state index contributed by atoms with van der Waals surface area (Å²) in [6, 6.07) is 7.90. The van der Waals surface area contributed by atoms with Crippen LogP contribution in [0.3, 0.4) is 0 Å². The molecule has 1 aromatic carbocycles. The van der Waals surface area contributed by atoms with Gasteiger partial charge in [-0.2, -0.15) is 0 Å². The number of rotatable bonds is 7. The van der Waals surface area contributed by atoms with Crippen LogP contribution < -0.4 is 10.6 Å². The van der Waals surface area contributed by atoms with Gasteiger partial charge in [0.2, 0.25) is 0 Å². The molecule has 4 nitrogen and oxygen atoms in total.